The number of nitrogens with zero attached hydrogens (tertiary/aromatic N) is 1. The van der Waals surface area contributed by atoms with E-state index in [-0.39, 0.29) is 6.54 Å². The molecule has 114 valence electrons. The number of hydrogen-bond acceptors (Lipinski definition) is 4. The molecule has 0 aliphatic rings. The molecule has 0 saturated heterocycles. The molecule has 0 bridgehead atoms. The van der Waals surface area contributed by atoms with Gasteiger partial charge in [0, 0.05) is 12.8 Å². The minimum Gasteiger partial charge on any atom is -0.353 e. The highest BCUT2D eigenvalue weighted by atomic mass is 32.2. The SMILES string of the molecule is CC(C)(CNC(=O)C(C#N)Cc1ccccc1)S(C)(=O)=O. The molecule has 6 heteroatoms. The van der Waals surface area contributed by atoms with Gasteiger partial charge in [-0.05, 0) is 25.8 Å². The molecule has 0 spiro atoms. The number of carbonyl (C=O) groups is 1. The van der Waals surface area contributed by atoms with Gasteiger partial charge in [0.05, 0.1) is 10.8 Å². The average Bonchev–Trinajstić information content (AvgIpc) is 2.42. The van der Waals surface area contributed by atoms with Crippen LogP contribution in [0.5, 0.6) is 0 Å². The van der Waals surface area contributed by atoms with Crippen LogP contribution in [-0.4, -0.2) is 31.9 Å². The molecule has 1 unspecified atom stereocenters. The first-order valence-electron chi connectivity index (χ1n) is 6.58. The van der Waals surface area contributed by atoms with Crippen LogP contribution in [0.3, 0.4) is 0 Å². The van der Waals surface area contributed by atoms with Crippen LogP contribution in [0.25, 0.3) is 0 Å². The Bertz CT molecular complexity index is 631. The summed E-state index contributed by atoms with van der Waals surface area (Å²) in [5, 5.41) is 11.7. The molecule has 0 aliphatic carbocycles. The van der Waals surface area contributed by atoms with Crippen LogP contribution in [0.15, 0.2) is 30.3 Å². The predicted octanol–water partition coefficient (Wildman–Crippen LogP) is 1.31. The second kappa shape index (κ2) is 6.72. The Balaban J connectivity index is 2.68. The van der Waals surface area contributed by atoms with Gasteiger partial charge in [-0.25, -0.2) is 8.42 Å². The standard InChI is InChI=1S/C15H20N2O3S/c1-15(2,21(3,19)20)11-17-14(18)13(10-16)9-12-7-5-4-6-8-12/h4-8,13H,9,11H2,1-3H3,(H,17,18). The van der Waals surface area contributed by atoms with E-state index in [0.717, 1.165) is 11.8 Å². The predicted molar refractivity (Wildman–Crippen MR) is 81.2 cm³/mol. The Morgan fingerprint density at radius 3 is 2.38 bits per heavy atom. The van der Waals surface area contributed by atoms with Gasteiger partial charge < -0.3 is 5.32 Å². The van der Waals surface area contributed by atoms with E-state index in [1.807, 2.05) is 36.4 Å². The van der Waals surface area contributed by atoms with Crippen molar-refractivity contribution in [2.24, 2.45) is 5.92 Å². The van der Waals surface area contributed by atoms with Gasteiger partial charge in [-0.3, -0.25) is 4.79 Å². The lowest BCUT2D eigenvalue weighted by Crippen LogP contribution is -2.45. The summed E-state index contributed by atoms with van der Waals surface area (Å²) in [6, 6.07) is 11.2. The van der Waals surface area contributed by atoms with E-state index in [0.29, 0.717) is 6.42 Å². The Morgan fingerprint density at radius 1 is 1.33 bits per heavy atom. The number of carbonyl (C=O) groups excluding carboxylic acids is 1. The van der Waals surface area contributed by atoms with Crippen molar-refractivity contribution in [2.75, 3.05) is 12.8 Å². The zero-order valence-corrected chi connectivity index (χ0v) is 13.3. The first kappa shape index (κ1) is 17.2. The van der Waals surface area contributed by atoms with E-state index in [4.69, 9.17) is 5.26 Å². The van der Waals surface area contributed by atoms with Gasteiger partial charge in [-0.2, -0.15) is 5.26 Å². The Kier molecular flexibility index (Phi) is 5.50. The molecule has 1 aromatic carbocycles. The van der Waals surface area contributed by atoms with Crippen LogP contribution < -0.4 is 5.32 Å². The third kappa shape index (κ3) is 4.87. The molecule has 0 saturated carbocycles. The molecule has 0 fully saturated rings. The van der Waals surface area contributed by atoms with Crippen LogP contribution >= 0.6 is 0 Å². The van der Waals surface area contributed by atoms with Gasteiger partial charge in [-0.15, -0.1) is 0 Å². The smallest absolute Gasteiger partial charge is 0.237 e. The molecular weight excluding hydrogens is 288 g/mol. The topological polar surface area (TPSA) is 87.0 Å². The van der Waals surface area contributed by atoms with Crippen molar-refractivity contribution in [3.63, 3.8) is 0 Å². The van der Waals surface area contributed by atoms with Crippen molar-refractivity contribution in [3.05, 3.63) is 35.9 Å². The Hall–Kier alpha value is -1.87. The maximum absolute atomic E-state index is 12.0. The zero-order valence-electron chi connectivity index (χ0n) is 12.5. The van der Waals surface area contributed by atoms with E-state index in [1.165, 1.54) is 0 Å². The summed E-state index contributed by atoms with van der Waals surface area (Å²) in [6.07, 6.45) is 1.44. The van der Waals surface area contributed by atoms with E-state index in [9.17, 15) is 13.2 Å². The van der Waals surface area contributed by atoms with E-state index in [2.05, 4.69) is 5.32 Å². The van der Waals surface area contributed by atoms with Crippen molar-refractivity contribution >= 4 is 15.7 Å². The maximum atomic E-state index is 12.0. The lowest BCUT2D eigenvalue weighted by molar-refractivity contribution is -0.123. The normalized spacial score (nSPS) is 13.2. The van der Waals surface area contributed by atoms with Crippen molar-refractivity contribution in [1.82, 2.24) is 5.32 Å². The molecule has 1 N–H and O–H groups in total. The van der Waals surface area contributed by atoms with Crippen molar-refractivity contribution < 1.29 is 13.2 Å². The summed E-state index contributed by atoms with van der Waals surface area (Å²) in [6.45, 7) is 3.07. The molecule has 0 aromatic heterocycles. The Labute approximate surface area is 125 Å². The monoisotopic (exact) mass is 308 g/mol. The van der Waals surface area contributed by atoms with Crippen molar-refractivity contribution in [1.29, 1.82) is 5.26 Å². The molecule has 21 heavy (non-hydrogen) atoms. The number of nitriles is 1. The van der Waals surface area contributed by atoms with E-state index in [1.54, 1.807) is 13.8 Å². The number of hydrogen-bond donors (Lipinski definition) is 1. The molecule has 1 rings (SSSR count). The highest BCUT2D eigenvalue weighted by Crippen LogP contribution is 2.14. The lowest BCUT2D eigenvalue weighted by atomic mass is 10.00. The molecule has 0 heterocycles. The van der Waals surface area contributed by atoms with Crippen molar-refractivity contribution in [3.8, 4) is 6.07 Å². The Morgan fingerprint density at radius 2 is 1.90 bits per heavy atom. The van der Waals surface area contributed by atoms with Gasteiger partial charge in [0.15, 0.2) is 9.84 Å². The fourth-order valence-electron chi connectivity index (χ4n) is 1.60. The van der Waals surface area contributed by atoms with Crippen LogP contribution in [0, 0.1) is 17.2 Å². The van der Waals surface area contributed by atoms with Gasteiger partial charge in [0.25, 0.3) is 0 Å². The maximum Gasteiger partial charge on any atom is 0.237 e. The highest BCUT2D eigenvalue weighted by Gasteiger charge is 2.31. The molecule has 0 aliphatic heterocycles. The summed E-state index contributed by atoms with van der Waals surface area (Å²) in [5.74, 6) is -1.28. The zero-order chi connectivity index (χ0) is 16.1. The third-order valence-corrected chi connectivity index (χ3v) is 5.60. The second-order valence-corrected chi connectivity index (χ2v) is 8.27. The van der Waals surface area contributed by atoms with Gasteiger partial charge in [0.2, 0.25) is 5.91 Å². The van der Waals surface area contributed by atoms with Crippen molar-refractivity contribution in [2.45, 2.75) is 25.0 Å². The minimum atomic E-state index is -3.29. The third-order valence-electron chi connectivity index (χ3n) is 3.45. The molecule has 5 nitrogen and oxygen atoms in total. The summed E-state index contributed by atoms with van der Waals surface area (Å²) in [7, 11) is -3.29. The lowest BCUT2D eigenvalue weighted by Gasteiger charge is -2.23. The molecule has 1 aromatic rings. The summed E-state index contributed by atoms with van der Waals surface area (Å²) in [4.78, 5) is 12.0. The van der Waals surface area contributed by atoms with Crippen LogP contribution in [0.2, 0.25) is 0 Å². The summed E-state index contributed by atoms with van der Waals surface area (Å²) >= 11 is 0. The first-order valence-corrected chi connectivity index (χ1v) is 8.47. The van der Waals surface area contributed by atoms with Crippen LogP contribution in [-0.2, 0) is 21.1 Å². The molecule has 0 radical (unpaired) electrons. The van der Waals surface area contributed by atoms with Crippen LogP contribution in [0.1, 0.15) is 19.4 Å². The van der Waals surface area contributed by atoms with Gasteiger partial charge in [-0.1, -0.05) is 30.3 Å². The largest absolute Gasteiger partial charge is 0.353 e. The van der Waals surface area contributed by atoms with E-state index >= 15 is 0 Å². The second-order valence-electron chi connectivity index (χ2n) is 5.62. The number of sulfone groups is 1. The number of amides is 1. The van der Waals surface area contributed by atoms with Crippen LogP contribution in [0.4, 0.5) is 0 Å². The van der Waals surface area contributed by atoms with E-state index < -0.39 is 26.4 Å². The first-order chi connectivity index (χ1) is 9.67. The quantitative estimate of drug-likeness (QED) is 0.858. The molecular formula is C15H20N2O3S. The number of rotatable bonds is 6. The fraction of sp³-hybridized carbons (Fsp3) is 0.467. The highest BCUT2D eigenvalue weighted by molar-refractivity contribution is 7.92. The molecule has 1 amide bonds. The fourth-order valence-corrected chi connectivity index (χ4v) is 1.94. The summed E-state index contributed by atoms with van der Waals surface area (Å²) in [5.41, 5.74) is 0.890. The average molecular weight is 308 g/mol. The minimum absolute atomic E-state index is 0.0162. The van der Waals surface area contributed by atoms with Gasteiger partial charge in [0.1, 0.15) is 5.92 Å². The van der Waals surface area contributed by atoms with Gasteiger partial charge >= 0.3 is 0 Å². The number of benzene rings is 1. The number of nitrogens with one attached hydrogen (secondary N) is 1. The summed E-state index contributed by atoms with van der Waals surface area (Å²) < 4.78 is 22.1. The molecule has 1 atom stereocenters.